The van der Waals surface area contributed by atoms with Crippen molar-refractivity contribution in [1.82, 2.24) is 24.3 Å². The van der Waals surface area contributed by atoms with Gasteiger partial charge in [-0.2, -0.15) is 0 Å². The zero-order chi connectivity index (χ0) is 28.8. The molecule has 1 saturated carbocycles. The Morgan fingerprint density at radius 1 is 1.15 bits per heavy atom. The average Bonchev–Trinajstić information content (AvgIpc) is 3.51. The molecule has 0 radical (unpaired) electrons. The summed E-state index contributed by atoms with van der Waals surface area (Å²) < 4.78 is 15.0. The van der Waals surface area contributed by atoms with E-state index < -0.39 is 17.6 Å². The number of nitrogens with zero attached hydrogens (tertiary/aromatic N) is 4. The van der Waals surface area contributed by atoms with Crippen LogP contribution < -0.4 is 15.8 Å². The Labute approximate surface area is 233 Å². The monoisotopic (exact) mass is 550 g/mol. The van der Waals surface area contributed by atoms with Gasteiger partial charge in [-0.05, 0) is 76.6 Å². The molecule has 5 rings (SSSR count). The number of rotatable bonds is 7. The Morgan fingerprint density at radius 2 is 1.90 bits per heavy atom. The van der Waals surface area contributed by atoms with Gasteiger partial charge in [0.2, 0.25) is 0 Å². The summed E-state index contributed by atoms with van der Waals surface area (Å²) in [5, 5.41) is 2.90. The number of nitrogens with one attached hydrogen (secondary N) is 1. The van der Waals surface area contributed by atoms with Crippen LogP contribution in [0.2, 0.25) is 0 Å². The lowest BCUT2D eigenvalue weighted by Gasteiger charge is -2.33. The van der Waals surface area contributed by atoms with Crippen LogP contribution in [0.4, 0.5) is 4.79 Å². The lowest BCUT2D eigenvalue weighted by Crippen LogP contribution is -2.50. The summed E-state index contributed by atoms with van der Waals surface area (Å²) in [7, 11) is 3.46. The number of carbonyl (C=O) groups excluding carboxylic acids is 3. The number of aromatic nitrogens is 3. The molecule has 40 heavy (non-hydrogen) atoms. The number of ether oxygens (including phenoxy) is 2. The number of likely N-dealkylation sites (tertiary alicyclic amines) is 1. The zero-order valence-corrected chi connectivity index (χ0v) is 23.8. The molecule has 0 unspecified atom stereocenters. The third-order valence-corrected chi connectivity index (χ3v) is 7.43. The molecule has 11 heteroatoms. The lowest BCUT2D eigenvalue weighted by atomic mass is 10.0. The maximum atomic E-state index is 13.6. The fourth-order valence-corrected chi connectivity index (χ4v) is 5.39. The van der Waals surface area contributed by atoms with Crippen LogP contribution in [0.25, 0.3) is 22.6 Å². The van der Waals surface area contributed by atoms with Crippen molar-refractivity contribution in [2.45, 2.75) is 64.6 Å². The van der Waals surface area contributed by atoms with Crippen LogP contribution >= 0.6 is 0 Å². The van der Waals surface area contributed by atoms with Gasteiger partial charge < -0.3 is 34.6 Å². The minimum Gasteiger partial charge on any atom is -0.494 e. The predicted molar refractivity (Wildman–Crippen MR) is 150 cm³/mol. The second-order valence-electron chi connectivity index (χ2n) is 11.8. The Balaban J connectivity index is 1.43. The SMILES string of the molecule is COc1cc(C(=O)N2CCC[C@@H](NC(=O)OC(C)(C)C)C2)cc2nc(-c3ccc(C(N)=O)n3CC3CC3)n(C)c12. The van der Waals surface area contributed by atoms with Crippen molar-refractivity contribution >= 4 is 28.9 Å². The molecular weight excluding hydrogens is 512 g/mol. The van der Waals surface area contributed by atoms with E-state index in [1.165, 1.54) is 0 Å². The lowest BCUT2D eigenvalue weighted by molar-refractivity contribution is 0.0452. The van der Waals surface area contributed by atoms with Crippen molar-refractivity contribution < 1.29 is 23.9 Å². The molecule has 3 amide bonds. The average molecular weight is 551 g/mol. The van der Waals surface area contributed by atoms with Crippen molar-refractivity contribution in [3.8, 4) is 17.3 Å². The zero-order valence-electron chi connectivity index (χ0n) is 23.8. The summed E-state index contributed by atoms with van der Waals surface area (Å²) in [4.78, 5) is 44.7. The number of aryl methyl sites for hydroxylation is 1. The predicted octanol–water partition coefficient (Wildman–Crippen LogP) is 3.69. The van der Waals surface area contributed by atoms with Gasteiger partial charge in [0.05, 0.1) is 18.3 Å². The van der Waals surface area contributed by atoms with Gasteiger partial charge >= 0.3 is 6.09 Å². The molecule has 3 heterocycles. The molecule has 214 valence electrons. The van der Waals surface area contributed by atoms with Crippen LogP contribution in [-0.4, -0.2) is 68.8 Å². The largest absolute Gasteiger partial charge is 0.494 e. The highest BCUT2D eigenvalue weighted by molar-refractivity contribution is 6.00. The Bertz CT molecular complexity index is 1460. The first-order chi connectivity index (χ1) is 18.9. The Kier molecular flexibility index (Phi) is 7.24. The van der Waals surface area contributed by atoms with E-state index in [4.69, 9.17) is 20.2 Å². The fourth-order valence-electron chi connectivity index (χ4n) is 5.39. The van der Waals surface area contributed by atoms with E-state index in [0.717, 1.165) is 36.9 Å². The smallest absolute Gasteiger partial charge is 0.407 e. The number of amides is 3. The highest BCUT2D eigenvalue weighted by atomic mass is 16.6. The molecule has 2 aromatic heterocycles. The van der Waals surface area contributed by atoms with Gasteiger partial charge in [0, 0.05) is 38.3 Å². The molecule has 1 saturated heterocycles. The first-order valence-electron chi connectivity index (χ1n) is 13.8. The van der Waals surface area contributed by atoms with Crippen LogP contribution in [0.1, 0.15) is 67.3 Å². The molecule has 1 atom stereocenters. The van der Waals surface area contributed by atoms with Gasteiger partial charge in [-0.1, -0.05) is 0 Å². The topological polar surface area (TPSA) is 134 Å². The fraction of sp³-hybridized carbons (Fsp3) is 0.517. The molecule has 1 aliphatic heterocycles. The van der Waals surface area contributed by atoms with Gasteiger partial charge in [-0.15, -0.1) is 0 Å². The van der Waals surface area contributed by atoms with Gasteiger partial charge in [-0.3, -0.25) is 9.59 Å². The third-order valence-electron chi connectivity index (χ3n) is 7.43. The minimum absolute atomic E-state index is 0.156. The number of hydrogen-bond donors (Lipinski definition) is 2. The van der Waals surface area contributed by atoms with E-state index in [2.05, 4.69) is 5.32 Å². The number of carbonyl (C=O) groups is 3. The second-order valence-corrected chi connectivity index (χ2v) is 11.8. The number of methoxy groups -OCH3 is 1. The summed E-state index contributed by atoms with van der Waals surface area (Å²) in [6.45, 7) is 7.13. The van der Waals surface area contributed by atoms with Crippen molar-refractivity contribution in [3.05, 3.63) is 35.5 Å². The quantitative estimate of drug-likeness (QED) is 0.461. The first-order valence-corrected chi connectivity index (χ1v) is 13.8. The molecule has 3 aromatic rings. The van der Waals surface area contributed by atoms with Gasteiger partial charge in [-0.25, -0.2) is 9.78 Å². The molecule has 2 aliphatic rings. The van der Waals surface area contributed by atoms with Crippen molar-refractivity contribution in [3.63, 3.8) is 0 Å². The number of piperidine rings is 1. The first kappa shape index (κ1) is 27.5. The van der Waals surface area contributed by atoms with Gasteiger partial charge in [0.1, 0.15) is 22.6 Å². The number of imidazole rings is 1. The number of primary amides is 1. The number of hydrogen-bond acceptors (Lipinski definition) is 6. The van der Waals surface area contributed by atoms with Gasteiger partial charge in [0.25, 0.3) is 11.8 Å². The van der Waals surface area contributed by atoms with E-state index in [1.54, 1.807) is 30.2 Å². The van der Waals surface area contributed by atoms with Crippen molar-refractivity contribution in [2.75, 3.05) is 20.2 Å². The molecule has 3 N–H and O–H groups in total. The maximum Gasteiger partial charge on any atom is 0.407 e. The third kappa shape index (κ3) is 5.64. The highest BCUT2D eigenvalue weighted by Gasteiger charge is 2.30. The van der Waals surface area contributed by atoms with Gasteiger partial charge in [0.15, 0.2) is 5.82 Å². The van der Waals surface area contributed by atoms with Crippen LogP contribution in [0.3, 0.4) is 0 Å². The molecule has 1 aliphatic carbocycles. The van der Waals surface area contributed by atoms with E-state index in [0.29, 0.717) is 53.9 Å². The van der Waals surface area contributed by atoms with Crippen LogP contribution in [0, 0.1) is 5.92 Å². The van der Waals surface area contributed by atoms with Crippen molar-refractivity contribution in [1.29, 1.82) is 0 Å². The maximum absolute atomic E-state index is 13.6. The standard InChI is InChI=1S/C29H38N6O5/c1-29(2,3)40-28(38)31-19-7-6-12-34(16-19)27(37)18-13-20-24(23(14-18)39-5)33(4)26(32-20)22-11-10-21(25(30)36)35(22)15-17-8-9-17/h10-11,13-14,17,19H,6-9,12,15-16H2,1-5H3,(H2,30,36)(H,31,38)/t19-/m1/s1. The number of nitrogens with two attached hydrogens (primary N) is 1. The van der Waals surface area contributed by atoms with E-state index in [-0.39, 0.29) is 11.9 Å². The molecular formula is C29H38N6O5. The molecule has 0 spiro atoms. The van der Waals surface area contributed by atoms with E-state index in [9.17, 15) is 14.4 Å². The van der Waals surface area contributed by atoms with Crippen molar-refractivity contribution in [2.24, 2.45) is 18.7 Å². The number of benzene rings is 1. The number of fused-ring (bicyclic) bond motifs is 1. The summed E-state index contributed by atoms with van der Waals surface area (Å²) in [5.74, 6) is 1.08. The van der Waals surface area contributed by atoms with Crippen LogP contribution in [-0.2, 0) is 18.3 Å². The van der Waals surface area contributed by atoms with E-state index >= 15 is 0 Å². The molecule has 2 fully saturated rings. The second kappa shape index (κ2) is 10.5. The summed E-state index contributed by atoms with van der Waals surface area (Å²) in [6, 6.07) is 6.92. The summed E-state index contributed by atoms with van der Waals surface area (Å²) in [5.41, 5.74) is 8.14. The number of alkyl carbamates (subject to hydrolysis) is 1. The Hall–Kier alpha value is -4.02. The van der Waals surface area contributed by atoms with Crippen LogP contribution in [0.5, 0.6) is 5.75 Å². The summed E-state index contributed by atoms with van der Waals surface area (Å²) >= 11 is 0. The van der Waals surface area contributed by atoms with Crippen LogP contribution in [0.15, 0.2) is 24.3 Å². The normalized spacial score (nSPS) is 17.6. The molecule has 0 bridgehead atoms. The van der Waals surface area contributed by atoms with E-state index in [1.807, 2.05) is 43.0 Å². The minimum atomic E-state index is -0.595. The summed E-state index contributed by atoms with van der Waals surface area (Å²) in [6.07, 6.45) is 3.30. The Morgan fingerprint density at radius 3 is 2.55 bits per heavy atom. The highest BCUT2D eigenvalue weighted by Crippen LogP contribution is 2.36. The molecule has 1 aromatic carbocycles. The molecule has 11 nitrogen and oxygen atoms in total.